The molecular weight excluding hydrogens is 347 g/mol. The minimum absolute atomic E-state index is 0.0422. The van der Waals surface area contributed by atoms with Gasteiger partial charge in [-0.2, -0.15) is 5.26 Å². The van der Waals surface area contributed by atoms with Crippen LogP contribution in [0.15, 0.2) is 35.9 Å². The molecule has 0 aliphatic heterocycles. The van der Waals surface area contributed by atoms with Gasteiger partial charge < -0.3 is 10.4 Å². The van der Waals surface area contributed by atoms with Gasteiger partial charge in [0.1, 0.15) is 11.6 Å². The summed E-state index contributed by atoms with van der Waals surface area (Å²) in [5, 5.41) is 21.5. The fraction of sp³-hybridized carbons (Fsp3) is 0.111. The Kier molecular flexibility index (Phi) is 5.50. The van der Waals surface area contributed by atoms with E-state index in [2.05, 4.69) is 5.32 Å². The first-order valence-corrected chi connectivity index (χ1v) is 7.76. The maximum atomic E-state index is 12.3. The summed E-state index contributed by atoms with van der Waals surface area (Å²) < 4.78 is 0. The lowest BCUT2D eigenvalue weighted by Crippen LogP contribution is -2.13. The van der Waals surface area contributed by atoms with E-state index in [0.717, 1.165) is 11.1 Å². The van der Waals surface area contributed by atoms with Crippen molar-refractivity contribution in [1.29, 1.82) is 5.26 Å². The molecule has 0 aromatic heterocycles. The first-order valence-electron chi connectivity index (χ1n) is 7.00. The molecule has 0 fully saturated rings. The average molecular weight is 361 g/mol. The van der Waals surface area contributed by atoms with E-state index in [-0.39, 0.29) is 21.4 Å². The van der Waals surface area contributed by atoms with Crippen molar-refractivity contribution in [1.82, 2.24) is 0 Å². The predicted octanol–water partition coefficient (Wildman–Crippen LogP) is 4.86. The highest BCUT2D eigenvalue weighted by atomic mass is 35.5. The SMILES string of the molecule is Cc1ccc(NC(=O)C(C#N)=Cc2cc(Cl)c(O)c(Cl)c2)cc1C. The minimum atomic E-state index is -0.541. The zero-order chi connectivity index (χ0) is 17.9. The fourth-order valence-electron chi connectivity index (χ4n) is 2.00. The molecule has 0 spiro atoms. The largest absolute Gasteiger partial charge is 0.505 e. The van der Waals surface area contributed by atoms with E-state index in [0.29, 0.717) is 11.3 Å². The van der Waals surface area contributed by atoms with E-state index < -0.39 is 5.91 Å². The van der Waals surface area contributed by atoms with Crippen LogP contribution in [0.3, 0.4) is 0 Å². The molecule has 6 heteroatoms. The lowest BCUT2D eigenvalue weighted by molar-refractivity contribution is -0.112. The minimum Gasteiger partial charge on any atom is -0.505 e. The summed E-state index contributed by atoms with van der Waals surface area (Å²) in [5.74, 6) is -0.783. The molecule has 0 atom stereocenters. The van der Waals surface area contributed by atoms with Crippen LogP contribution >= 0.6 is 23.2 Å². The molecule has 4 nitrogen and oxygen atoms in total. The Bertz CT molecular complexity index is 860. The van der Waals surface area contributed by atoms with Gasteiger partial charge in [-0.05, 0) is 60.9 Å². The lowest BCUT2D eigenvalue weighted by Gasteiger charge is -2.07. The molecule has 24 heavy (non-hydrogen) atoms. The molecule has 0 saturated heterocycles. The number of aryl methyl sites for hydroxylation is 2. The summed E-state index contributed by atoms with van der Waals surface area (Å²) in [6, 6.07) is 10.2. The van der Waals surface area contributed by atoms with Gasteiger partial charge in [0.25, 0.3) is 5.91 Å². The van der Waals surface area contributed by atoms with Gasteiger partial charge >= 0.3 is 0 Å². The number of hydrogen-bond donors (Lipinski definition) is 2. The molecular formula is C18H14Cl2N2O2. The number of nitriles is 1. The molecule has 0 bridgehead atoms. The summed E-state index contributed by atoms with van der Waals surface area (Å²) in [6.07, 6.45) is 1.35. The van der Waals surface area contributed by atoms with Gasteiger partial charge in [0.15, 0.2) is 5.75 Å². The second-order valence-electron chi connectivity index (χ2n) is 5.26. The van der Waals surface area contributed by atoms with E-state index in [1.807, 2.05) is 32.0 Å². The lowest BCUT2D eigenvalue weighted by atomic mass is 10.1. The number of nitrogens with one attached hydrogen (secondary N) is 1. The highest BCUT2D eigenvalue weighted by molar-refractivity contribution is 6.37. The van der Waals surface area contributed by atoms with Crippen molar-refractivity contribution >= 4 is 40.9 Å². The van der Waals surface area contributed by atoms with Crippen molar-refractivity contribution in [3.05, 3.63) is 62.6 Å². The van der Waals surface area contributed by atoms with Crippen LogP contribution in [0.2, 0.25) is 10.0 Å². The van der Waals surface area contributed by atoms with Gasteiger partial charge in [-0.15, -0.1) is 0 Å². The third kappa shape index (κ3) is 4.08. The van der Waals surface area contributed by atoms with Crippen LogP contribution in [0, 0.1) is 25.2 Å². The van der Waals surface area contributed by atoms with E-state index >= 15 is 0 Å². The quantitative estimate of drug-likeness (QED) is 0.606. The van der Waals surface area contributed by atoms with Crippen molar-refractivity contribution in [2.75, 3.05) is 5.32 Å². The Morgan fingerprint density at radius 2 is 1.79 bits per heavy atom. The number of carbonyl (C=O) groups is 1. The summed E-state index contributed by atoms with van der Waals surface area (Å²) in [6.45, 7) is 3.91. The van der Waals surface area contributed by atoms with Gasteiger partial charge in [-0.25, -0.2) is 0 Å². The van der Waals surface area contributed by atoms with Crippen LogP contribution in [0.4, 0.5) is 5.69 Å². The van der Waals surface area contributed by atoms with Crippen LogP contribution in [0.1, 0.15) is 16.7 Å². The standard InChI is InChI=1S/C18H14Cl2N2O2/c1-10-3-4-14(5-11(10)2)22-18(24)13(9-21)6-12-7-15(19)17(23)16(20)8-12/h3-8,23H,1-2H3,(H,22,24). The third-order valence-electron chi connectivity index (χ3n) is 3.48. The number of carbonyl (C=O) groups excluding carboxylic acids is 1. The number of phenols is 1. The smallest absolute Gasteiger partial charge is 0.266 e. The van der Waals surface area contributed by atoms with E-state index in [9.17, 15) is 15.2 Å². The average Bonchev–Trinajstić information content (AvgIpc) is 2.53. The Labute approximate surface area is 149 Å². The zero-order valence-corrected chi connectivity index (χ0v) is 14.5. The van der Waals surface area contributed by atoms with Gasteiger partial charge in [-0.3, -0.25) is 4.79 Å². The van der Waals surface area contributed by atoms with Crippen molar-refractivity contribution in [2.45, 2.75) is 13.8 Å². The number of nitrogens with zero attached hydrogens (tertiary/aromatic N) is 1. The summed E-state index contributed by atoms with van der Waals surface area (Å²) in [7, 11) is 0. The van der Waals surface area contributed by atoms with Crippen LogP contribution in [-0.2, 0) is 4.79 Å². The Morgan fingerprint density at radius 1 is 1.17 bits per heavy atom. The second kappa shape index (κ2) is 7.39. The topological polar surface area (TPSA) is 73.1 Å². The second-order valence-corrected chi connectivity index (χ2v) is 6.07. The normalized spacial score (nSPS) is 11.0. The Balaban J connectivity index is 2.29. The number of amides is 1. The number of aromatic hydroxyl groups is 1. The molecule has 0 heterocycles. The molecule has 0 saturated carbocycles. The first kappa shape index (κ1) is 17.9. The monoisotopic (exact) mass is 360 g/mol. The molecule has 2 aromatic carbocycles. The summed E-state index contributed by atoms with van der Waals surface area (Å²) in [4.78, 5) is 12.3. The maximum Gasteiger partial charge on any atom is 0.266 e. The summed E-state index contributed by atoms with van der Waals surface area (Å²) >= 11 is 11.7. The predicted molar refractivity (Wildman–Crippen MR) is 96.3 cm³/mol. The molecule has 0 aliphatic carbocycles. The highest BCUT2D eigenvalue weighted by Crippen LogP contribution is 2.33. The van der Waals surface area contributed by atoms with E-state index in [1.54, 1.807) is 6.07 Å². The third-order valence-corrected chi connectivity index (χ3v) is 4.06. The molecule has 1 amide bonds. The molecule has 2 N–H and O–H groups in total. The van der Waals surface area contributed by atoms with E-state index in [4.69, 9.17) is 23.2 Å². The number of hydrogen-bond acceptors (Lipinski definition) is 3. The van der Waals surface area contributed by atoms with Crippen LogP contribution in [0.25, 0.3) is 6.08 Å². The molecule has 2 aromatic rings. The van der Waals surface area contributed by atoms with Crippen LogP contribution in [-0.4, -0.2) is 11.0 Å². The van der Waals surface area contributed by atoms with Crippen LogP contribution < -0.4 is 5.32 Å². The number of halogens is 2. The summed E-state index contributed by atoms with van der Waals surface area (Å²) in [5.41, 5.74) is 3.08. The molecule has 2 rings (SSSR count). The van der Waals surface area contributed by atoms with Crippen molar-refractivity contribution in [3.8, 4) is 11.8 Å². The Hall–Kier alpha value is -2.48. The van der Waals surface area contributed by atoms with Gasteiger partial charge in [0.05, 0.1) is 10.0 Å². The van der Waals surface area contributed by atoms with Gasteiger partial charge in [0.2, 0.25) is 0 Å². The molecule has 0 radical (unpaired) electrons. The molecule has 0 aliphatic rings. The fourth-order valence-corrected chi connectivity index (χ4v) is 2.51. The van der Waals surface area contributed by atoms with Crippen LogP contribution in [0.5, 0.6) is 5.75 Å². The van der Waals surface area contributed by atoms with Crippen molar-refractivity contribution in [3.63, 3.8) is 0 Å². The van der Waals surface area contributed by atoms with Gasteiger partial charge in [0, 0.05) is 5.69 Å². The zero-order valence-electron chi connectivity index (χ0n) is 13.0. The maximum absolute atomic E-state index is 12.3. The first-order chi connectivity index (χ1) is 11.3. The highest BCUT2D eigenvalue weighted by Gasteiger charge is 2.12. The number of rotatable bonds is 3. The van der Waals surface area contributed by atoms with Crippen molar-refractivity contribution < 1.29 is 9.90 Å². The molecule has 122 valence electrons. The molecule has 0 unspecified atom stereocenters. The van der Waals surface area contributed by atoms with Crippen molar-refractivity contribution in [2.24, 2.45) is 0 Å². The van der Waals surface area contributed by atoms with Gasteiger partial charge in [-0.1, -0.05) is 29.3 Å². The number of phenolic OH excluding ortho intramolecular Hbond substituents is 1. The number of anilines is 1. The number of benzene rings is 2. The van der Waals surface area contributed by atoms with E-state index in [1.165, 1.54) is 18.2 Å². The Morgan fingerprint density at radius 3 is 2.33 bits per heavy atom.